The van der Waals surface area contributed by atoms with Gasteiger partial charge in [0.2, 0.25) is 0 Å². The van der Waals surface area contributed by atoms with Gasteiger partial charge in [0.15, 0.2) is 0 Å². The summed E-state index contributed by atoms with van der Waals surface area (Å²) in [6.45, 7) is 7.02. The summed E-state index contributed by atoms with van der Waals surface area (Å²) < 4.78 is 3.20. The fourth-order valence-corrected chi connectivity index (χ4v) is 5.39. The summed E-state index contributed by atoms with van der Waals surface area (Å²) in [5.41, 5.74) is 3.24. The van der Waals surface area contributed by atoms with Crippen LogP contribution in [0.25, 0.3) is 0 Å². The SMILES string of the molecule is CC(C)(C)C1=CC(Cc2ccccc2)c2ccccc2[Se]1. The molecule has 1 heterocycles. The van der Waals surface area contributed by atoms with Gasteiger partial charge in [-0.2, -0.15) is 0 Å². The summed E-state index contributed by atoms with van der Waals surface area (Å²) in [7, 11) is 0. The van der Waals surface area contributed by atoms with E-state index in [9.17, 15) is 0 Å². The molecular formula is C20H22Se. The summed E-state index contributed by atoms with van der Waals surface area (Å²) in [5, 5.41) is 0. The second-order valence-electron chi connectivity index (χ2n) is 6.72. The molecule has 0 nitrogen and oxygen atoms in total. The number of fused-ring (bicyclic) bond motifs is 1. The molecule has 0 amide bonds. The van der Waals surface area contributed by atoms with Crippen molar-refractivity contribution in [2.24, 2.45) is 5.41 Å². The average Bonchev–Trinajstić information content (AvgIpc) is 2.47. The molecule has 1 atom stereocenters. The molecule has 1 heteroatoms. The Morgan fingerprint density at radius 3 is 2.29 bits per heavy atom. The van der Waals surface area contributed by atoms with Crippen molar-refractivity contribution >= 4 is 19.4 Å². The van der Waals surface area contributed by atoms with Gasteiger partial charge in [-0.15, -0.1) is 0 Å². The Bertz CT molecular complexity index is 647. The zero-order valence-corrected chi connectivity index (χ0v) is 14.7. The van der Waals surface area contributed by atoms with Gasteiger partial charge in [-0.1, -0.05) is 0 Å². The first-order valence-corrected chi connectivity index (χ1v) is 9.28. The Morgan fingerprint density at radius 2 is 1.57 bits per heavy atom. The van der Waals surface area contributed by atoms with E-state index in [1.54, 1.807) is 8.93 Å². The van der Waals surface area contributed by atoms with Gasteiger partial charge in [-0.3, -0.25) is 0 Å². The maximum absolute atomic E-state index is 2.55. The van der Waals surface area contributed by atoms with Crippen molar-refractivity contribution in [2.45, 2.75) is 33.1 Å². The predicted molar refractivity (Wildman–Crippen MR) is 92.3 cm³/mol. The van der Waals surface area contributed by atoms with Gasteiger partial charge in [-0.25, -0.2) is 0 Å². The van der Waals surface area contributed by atoms with Crippen LogP contribution < -0.4 is 4.46 Å². The molecule has 1 aliphatic heterocycles. The van der Waals surface area contributed by atoms with Crippen molar-refractivity contribution in [2.75, 3.05) is 0 Å². The Hall–Kier alpha value is -1.30. The zero-order valence-electron chi connectivity index (χ0n) is 13.0. The summed E-state index contributed by atoms with van der Waals surface area (Å²) in [6, 6.07) is 19.9. The molecule has 0 N–H and O–H groups in total. The molecule has 0 fully saturated rings. The molecule has 1 unspecified atom stereocenters. The third kappa shape index (κ3) is 3.31. The van der Waals surface area contributed by atoms with Gasteiger partial charge in [0, 0.05) is 0 Å². The molecule has 0 radical (unpaired) electrons. The maximum atomic E-state index is 2.55. The molecule has 3 rings (SSSR count). The monoisotopic (exact) mass is 342 g/mol. The second kappa shape index (κ2) is 5.83. The number of hydrogen-bond donors (Lipinski definition) is 0. The minimum atomic E-state index is 0.280. The van der Waals surface area contributed by atoms with Gasteiger partial charge in [-0.05, 0) is 0 Å². The summed E-state index contributed by atoms with van der Waals surface area (Å²) in [4.78, 5) is 0. The molecule has 0 aliphatic carbocycles. The fraction of sp³-hybridized carbons (Fsp3) is 0.300. The van der Waals surface area contributed by atoms with E-state index in [2.05, 4.69) is 81.4 Å². The van der Waals surface area contributed by atoms with Crippen LogP contribution in [0.4, 0.5) is 0 Å². The van der Waals surface area contributed by atoms with Crippen LogP contribution in [0.15, 0.2) is 65.1 Å². The van der Waals surface area contributed by atoms with Crippen LogP contribution in [-0.4, -0.2) is 15.0 Å². The van der Waals surface area contributed by atoms with E-state index in [-0.39, 0.29) is 5.41 Å². The first-order valence-electron chi connectivity index (χ1n) is 7.57. The molecular weight excluding hydrogens is 319 g/mol. The van der Waals surface area contributed by atoms with E-state index in [1.165, 1.54) is 11.1 Å². The summed E-state index contributed by atoms with van der Waals surface area (Å²) in [5.74, 6) is 0.522. The third-order valence-corrected chi connectivity index (χ3v) is 7.20. The Balaban J connectivity index is 1.98. The quantitative estimate of drug-likeness (QED) is 0.715. The molecule has 2 aromatic rings. The van der Waals surface area contributed by atoms with Crippen molar-refractivity contribution in [1.29, 1.82) is 0 Å². The van der Waals surface area contributed by atoms with Crippen LogP contribution >= 0.6 is 0 Å². The van der Waals surface area contributed by atoms with Crippen LogP contribution in [0.3, 0.4) is 0 Å². The Morgan fingerprint density at radius 1 is 0.905 bits per heavy atom. The number of hydrogen-bond acceptors (Lipinski definition) is 0. The molecule has 2 aromatic carbocycles. The molecule has 108 valence electrons. The van der Waals surface area contributed by atoms with E-state index < -0.39 is 0 Å². The van der Waals surface area contributed by atoms with Crippen LogP contribution in [0.1, 0.15) is 37.8 Å². The third-order valence-electron chi connectivity index (χ3n) is 3.93. The van der Waals surface area contributed by atoms with E-state index >= 15 is 0 Å². The second-order valence-corrected chi connectivity index (χ2v) is 8.99. The first-order chi connectivity index (χ1) is 10.0. The van der Waals surface area contributed by atoms with Crippen molar-refractivity contribution in [3.8, 4) is 0 Å². The van der Waals surface area contributed by atoms with Crippen molar-refractivity contribution in [1.82, 2.24) is 0 Å². The molecule has 0 saturated carbocycles. The zero-order chi connectivity index (χ0) is 14.9. The van der Waals surface area contributed by atoms with Crippen molar-refractivity contribution in [3.63, 3.8) is 0 Å². The van der Waals surface area contributed by atoms with Gasteiger partial charge < -0.3 is 0 Å². The topological polar surface area (TPSA) is 0 Å². The van der Waals surface area contributed by atoms with E-state index in [1.807, 2.05) is 0 Å². The normalized spacial score (nSPS) is 18.0. The van der Waals surface area contributed by atoms with E-state index in [0.29, 0.717) is 20.9 Å². The number of benzene rings is 2. The minimum absolute atomic E-state index is 0.280. The van der Waals surface area contributed by atoms with Crippen LogP contribution in [0.5, 0.6) is 0 Å². The molecule has 0 aromatic heterocycles. The molecule has 21 heavy (non-hydrogen) atoms. The molecule has 0 bridgehead atoms. The average molecular weight is 341 g/mol. The standard InChI is InChI=1S/C20H22Se/c1-20(2,3)19-14-16(13-15-9-5-4-6-10-15)17-11-7-8-12-18(17)21-19/h4-12,14,16H,13H2,1-3H3. The molecule has 0 spiro atoms. The fourth-order valence-electron chi connectivity index (χ4n) is 2.74. The van der Waals surface area contributed by atoms with Crippen molar-refractivity contribution < 1.29 is 0 Å². The predicted octanol–water partition coefficient (Wildman–Crippen LogP) is 4.29. The Labute approximate surface area is 134 Å². The molecule has 0 saturated heterocycles. The van der Waals surface area contributed by atoms with Gasteiger partial charge in [0.1, 0.15) is 0 Å². The van der Waals surface area contributed by atoms with Crippen LogP contribution in [-0.2, 0) is 6.42 Å². The number of rotatable bonds is 2. The van der Waals surface area contributed by atoms with Gasteiger partial charge in [0.05, 0.1) is 0 Å². The van der Waals surface area contributed by atoms with Gasteiger partial charge >= 0.3 is 134 Å². The number of allylic oxidation sites excluding steroid dienone is 2. The van der Waals surface area contributed by atoms with Gasteiger partial charge in [0.25, 0.3) is 0 Å². The van der Waals surface area contributed by atoms with Crippen LogP contribution in [0, 0.1) is 5.41 Å². The van der Waals surface area contributed by atoms with E-state index in [4.69, 9.17) is 0 Å². The Kier molecular flexibility index (Phi) is 4.06. The van der Waals surface area contributed by atoms with Crippen molar-refractivity contribution in [3.05, 3.63) is 76.3 Å². The first kappa shape index (κ1) is 14.6. The molecule has 1 aliphatic rings. The summed E-state index contributed by atoms with van der Waals surface area (Å²) in [6.07, 6.45) is 3.66. The summed E-state index contributed by atoms with van der Waals surface area (Å²) >= 11 is 0.474. The van der Waals surface area contributed by atoms with E-state index in [0.717, 1.165) is 6.42 Å². The van der Waals surface area contributed by atoms with Crippen LogP contribution in [0.2, 0.25) is 0 Å².